The summed E-state index contributed by atoms with van der Waals surface area (Å²) < 4.78 is 2.05. The summed E-state index contributed by atoms with van der Waals surface area (Å²) in [6, 6.07) is 2.55. The Bertz CT molecular complexity index is 274. The Morgan fingerprint density at radius 1 is 1.46 bits per heavy atom. The van der Waals surface area contributed by atoms with Gasteiger partial charge in [-0.1, -0.05) is 6.92 Å². The highest BCUT2D eigenvalue weighted by Gasteiger charge is 2.10. The highest BCUT2D eigenvalue weighted by molar-refractivity contribution is 5.13. The smallest absolute Gasteiger partial charge is 0.0791 e. The Labute approximate surface area is 79.9 Å². The standard InChI is InChI=1S/C10H19N3/c1-5-9-6-10(8(4)11)12-13(9)7(2)3/h6-8H,5,11H2,1-4H3. The largest absolute Gasteiger partial charge is 0.323 e. The maximum absolute atomic E-state index is 5.77. The average Bonchev–Trinajstić information content (AvgIpc) is 2.47. The van der Waals surface area contributed by atoms with E-state index in [-0.39, 0.29) is 6.04 Å². The van der Waals surface area contributed by atoms with Crippen molar-refractivity contribution in [1.82, 2.24) is 9.78 Å². The molecule has 1 aromatic rings. The zero-order valence-corrected chi connectivity index (χ0v) is 8.91. The molecule has 3 heteroatoms. The normalized spacial score (nSPS) is 13.7. The Hall–Kier alpha value is -0.830. The van der Waals surface area contributed by atoms with Crippen LogP contribution in [-0.4, -0.2) is 9.78 Å². The number of rotatable bonds is 3. The predicted octanol–water partition coefficient (Wildman–Crippen LogP) is 2.05. The first-order chi connectivity index (χ1) is 6.06. The lowest BCUT2D eigenvalue weighted by Crippen LogP contribution is -2.09. The summed E-state index contributed by atoms with van der Waals surface area (Å²) in [4.78, 5) is 0. The molecule has 0 saturated carbocycles. The molecule has 2 N–H and O–H groups in total. The van der Waals surface area contributed by atoms with Crippen LogP contribution in [0.25, 0.3) is 0 Å². The highest BCUT2D eigenvalue weighted by Crippen LogP contribution is 2.15. The first kappa shape index (κ1) is 10.3. The van der Waals surface area contributed by atoms with Gasteiger partial charge in [0.25, 0.3) is 0 Å². The molecule has 0 amide bonds. The molecule has 1 unspecified atom stereocenters. The molecular formula is C10H19N3. The van der Waals surface area contributed by atoms with Gasteiger partial charge < -0.3 is 5.73 Å². The van der Waals surface area contributed by atoms with Gasteiger partial charge in [0.15, 0.2) is 0 Å². The molecule has 1 atom stereocenters. The minimum Gasteiger partial charge on any atom is -0.323 e. The van der Waals surface area contributed by atoms with Crippen LogP contribution < -0.4 is 5.73 Å². The molecule has 1 rings (SSSR count). The zero-order valence-electron chi connectivity index (χ0n) is 8.91. The fraction of sp³-hybridized carbons (Fsp3) is 0.700. The predicted molar refractivity (Wildman–Crippen MR) is 54.6 cm³/mol. The van der Waals surface area contributed by atoms with E-state index < -0.39 is 0 Å². The van der Waals surface area contributed by atoms with Crippen molar-refractivity contribution in [2.75, 3.05) is 0 Å². The molecule has 74 valence electrons. The zero-order chi connectivity index (χ0) is 10.0. The van der Waals surface area contributed by atoms with Crippen molar-refractivity contribution in [3.8, 4) is 0 Å². The molecule has 0 fully saturated rings. The molecule has 0 aromatic carbocycles. The Morgan fingerprint density at radius 2 is 2.08 bits per heavy atom. The van der Waals surface area contributed by atoms with E-state index in [0.717, 1.165) is 12.1 Å². The molecule has 0 aliphatic rings. The molecule has 0 saturated heterocycles. The number of aromatic nitrogens is 2. The first-order valence-corrected chi connectivity index (χ1v) is 4.90. The molecule has 13 heavy (non-hydrogen) atoms. The SMILES string of the molecule is CCc1cc(C(C)N)nn1C(C)C. The van der Waals surface area contributed by atoms with Gasteiger partial charge in [-0.15, -0.1) is 0 Å². The van der Waals surface area contributed by atoms with Crippen LogP contribution in [0, 0.1) is 0 Å². The van der Waals surface area contributed by atoms with E-state index in [1.165, 1.54) is 5.69 Å². The molecule has 0 radical (unpaired) electrons. The van der Waals surface area contributed by atoms with Gasteiger partial charge in [-0.25, -0.2) is 0 Å². The van der Waals surface area contributed by atoms with Crippen molar-refractivity contribution in [2.24, 2.45) is 5.73 Å². The first-order valence-electron chi connectivity index (χ1n) is 4.90. The van der Waals surface area contributed by atoms with Crippen molar-refractivity contribution in [1.29, 1.82) is 0 Å². The van der Waals surface area contributed by atoms with Crippen molar-refractivity contribution < 1.29 is 0 Å². The summed E-state index contributed by atoms with van der Waals surface area (Å²) in [7, 11) is 0. The third kappa shape index (κ3) is 2.10. The van der Waals surface area contributed by atoms with E-state index in [2.05, 4.69) is 36.6 Å². The average molecular weight is 181 g/mol. The van der Waals surface area contributed by atoms with Gasteiger partial charge in [0.2, 0.25) is 0 Å². The second-order valence-corrected chi connectivity index (χ2v) is 3.74. The maximum Gasteiger partial charge on any atom is 0.0791 e. The quantitative estimate of drug-likeness (QED) is 0.775. The Balaban J connectivity index is 3.04. The summed E-state index contributed by atoms with van der Waals surface area (Å²) in [5.74, 6) is 0. The van der Waals surface area contributed by atoms with Gasteiger partial charge in [0.1, 0.15) is 0 Å². The Morgan fingerprint density at radius 3 is 2.38 bits per heavy atom. The number of aryl methyl sites for hydroxylation is 1. The van der Waals surface area contributed by atoms with E-state index in [1.54, 1.807) is 0 Å². The molecule has 0 aliphatic carbocycles. The minimum absolute atomic E-state index is 0.0327. The van der Waals surface area contributed by atoms with E-state index in [9.17, 15) is 0 Å². The van der Waals surface area contributed by atoms with Crippen LogP contribution in [-0.2, 0) is 6.42 Å². The molecular weight excluding hydrogens is 162 g/mol. The summed E-state index contributed by atoms with van der Waals surface area (Å²) in [5, 5.41) is 4.47. The topological polar surface area (TPSA) is 43.8 Å². The van der Waals surface area contributed by atoms with Crippen LogP contribution in [0.4, 0.5) is 0 Å². The van der Waals surface area contributed by atoms with Gasteiger partial charge in [-0.3, -0.25) is 4.68 Å². The monoisotopic (exact) mass is 181 g/mol. The van der Waals surface area contributed by atoms with Crippen LogP contribution in [0.15, 0.2) is 6.07 Å². The summed E-state index contributed by atoms with van der Waals surface area (Å²) in [6.45, 7) is 8.38. The van der Waals surface area contributed by atoms with Crippen LogP contribution in [0.3, 0.4) is 0 Å². The van der Waals surface area contributed by atoms with E-state index in [1.807, 2.05) is 6.92 Å². The van der Waals surface area contributed by atoms with Crippen molar-refractivity contribution in [3.63, 3.8) is 0 Å². The summed E-state index contributed by atoms with van der Waals surface area (Å²) in [6.07, 6.45) is 1.01. The van der Waals surface area contributed by atoms with Crippen molar-refractivity contribution in [2.45, 2.75) is 46.2 Å². The number of hydrogen-bond acceptors (Lipinski definition) is 2. The maximum atomic E-state index is 5.77. The summed E-state index contributed by atoms with van der Waals surface area (Å²) >= 11 is 0. The molecule has 0 aliphatic heterocycles. The number of nitrogens with two attached hydrogens (primary N) is 1. The summed E-state index contributed by atoms with van der Waals surface area (Å²) in [5.41, 5.74) is 8.03. The molecule has 1 aromatic heterocycles. The second-order valence-electron chi connectivity index (χ2n) is 3.74. The van der Waals surface area contributed by atoms with E-state index in [0.29, 0.717) is 6.04 Å². The molecule has 0 bridgehead atoms. The lowest BCUT2D eigenvalue weighted by molar-refractivity contribution is 0.503. The minimum atomic E-state index is 0.0327. The van der Waals surface area contributed by atoms with Crippen LogP contribution in [0.1, 0.15) is 51.2 Å². The van der Waals surface area contributed by atoms with E-state index >= 15 is 0 Å². The van der Waals surface area contributed by atoms with Gasteiger partial charge >= 0.3 is 0 Å². The highest BCUT2D eigenvalue weighted by atomic mass is 15.3. The van der Waals surface area contributed by atoms with Gasteiger partial charge in [0, 0.05) is 17.8 Å². The lowest BCUT2D eigenvalue weighted by atomic mass is 10.2. The number of nitrogens with zero attached hydrogens (tertiary/aromatic N) is 2. The molecule has 0 spiro atoms. The Kier molecular flexibility index (Phi) is 3.09. The van der Waals surface area contributed by atoms with Crippen molar-refractivity contribution in [3.05, 3.63) is 17.5 Å². The second kappa shape index (κ2) is 3.92. The fourth-order valence-corrected chi connectivity index (χ4v) is 1.39. The van der Waals surface area contributed by atoms with Gasteiger partial charge in [-0.2, -0.15) is 5.10 Å². The third-order valence-electron chi connectivity index (χ3n) is 2.15. The van der Waals surface area contributed by atoms with Gasteiger partial charge in [0.05, 0.1) is 5.69 Å². The van der Waals surface area contributed by atoms with Crippen LogP contribution >= 0.6 is 0 Å². The fourth-order valence-electron chi connectivity index (χ4n) is 1.39. The molecule has 3 nitrogen and oxygen atoms in total. The van der Waals surface area contributed by atoms with Crippen LogP contribution in [0.5, 0.6) is 0 Å². The van der Waals surface area contributed by atoms with Crippen LogP contribution in [0.2, 0.25) is 0 Å². The van der Waals surface area contributed by atoms with Crippen molar-refractivity contribution >= 4 is 0 Å². The lowest BCUT2D eigenvalue weighted by Gasteiger charge is -2.08. The molecule has 1 heterocycles. The van der Waals surface area contributed by atoms with E-state index in [4.69, 9.17) is 5.73 Å². The third-order valence-corrected chi connectivity index (χ3v) is 2.15. The van der Waals surface area contributed by atoms with Gasteiger partial charge in [-0.05, 0) is 33.3 Å². The number of hydrogen-bond donors (Lipinski definition) is 1.